The molecule has 12 heteroatoms. The van der Waals surface area contributed by atoms with Crippen molar-refractivity contribution in [1.29, 1.82) is 0 Å². The third-order valence-corrected chi connectivity index (χ3v) is 7.91. The molecule has 0 saturated carbocycles. The number of ether oxygens (including phenoxy) is 1. The number of alkyl halides is 4. The van der Waals surface area contributed by atoms with Gasteiger partial charge >= 0.3 is 6.18 Å². The van der Waals surface area contributed by atoms with Crippen molar-refractivity contribution in [3.63, 3.8) is 0 Å². The number of hydrogen-bond acceptors (Lipinski definition) is 7. The molecule has 0 bridgehead atoms. The van der Waals surface area contributed by atoms with Crippen molar-refractivity contribution in [2.75, 3.05) is 30.7 Å². The molecular formula is C26H33F5N6O. The SMILES string of the molecule is CC1(C)C[C@H](c2nc(Nc3ccc(O[C@H]4CCNC[C@@H]4F)c(C(F)(F)F)c3)nc(N)c2F)C[C@@H]2CCCN21. The summed E-state index contributed by atoms with van der Waals surface area (Å²) in [6.07, 6.45) is -3.37. The molecule has 7 nitrogen and oxygen atoms in total. The number of nitrogens with two attached hydrogens (primary N) is 1. The Kier molecular flexibility index (Phi) is 7.14. The standard InChI is InChI=1S/C26H33F5N6O/c1-25(2)12-14(10-16-4-3-9-37(16)25)22-21(28)23(32)36-24(35-22)34-15-5-6-19(17(11-15)26(29,30)31)38-20-7-8-33-13-18(20)27/h5-6,11,14,16,18,20,33H,3-4,7-10,12-13H2,1-2H3,(H3,32,34,35,36)/t14-,16+,18+,20+/m1/s1. The molecular weight excluding hydrogens is 507 g/mol. The lowest BCUT2D eigenvalue weighted by Crippen LogP contribution is -2.52. The molecule has 0 amide bonds. The van der Waals surface area contributed by atoms with Crippen LogP contribution in [0.3, 0.4) is 0 Å². The lowest BCUT2D eigenvalue weighted by Gasteiger charge is -2.47. The van der Waals surface area contributed by atoms with Gasteiger partial charge in [-0.25, -0.2) is 13.8 Å². The van der Waals surface area contributed by atoms with Gasteiger partial charge in [-0.3, -0.25) is 4.90 Å². The van der Waals surface area contributed by atoms with E-state index in [4.69, 9.17) is 10.5 Å². The number of benzene rings is 1. The zero-order valence-corrected chi connectivity index (χ0v) is 21.4. The van der Waals surface area contributed by atoms with Crippen LogP contribution in [0.5, 0.6) is 5.75 Å². The molecule has 38 heavy (non-hydrogen) atoms. The summed E-state index contributed by atoms with van der Waals surface area (Å²) in [5.41, 5.74) is 4.88. The molecule has 0 aliphatic carbocycles. The van der Waals surface area contributed by atoms with Crippen molar-refractivity contribution >= 4 is 17.5 Å². The molecule has 5 rings (SSSR count). The third-order valence-electron chi connectivity index (χ3n) is 7.91. The Hall–Kier alpha value is -2.73. The molecule has 4 N–H and O–H groups in total. The first-order valence-corrected chi connectivity index (χ1v) is 13.0. The molecule has 4 atom stereocenters. The van der Waals surface area contributed by atoms with E-state index in [1.165, 1.54) is 6.07 Å². The molecule has 3 fully saturated rings. The summed E-state index contributed by atoms with van der Waals surface area (Å²) in [4.78, 5) is 10.8. The lowest BCUT2D eigenvalue weighted by atomic mass is 9.78. The number of aromatic nitrogens is 2. The van der Waals surface area contributed by atoms with Crippen molar-refractivity contribution in [2.24, 2.45) is 0 Å². The van der Waals surface area contributed by atoms with Crippen LogP contribution in [0.25, 0.3) is 0 Å². The van der Waals surface area contributed by atoms with Crippen LogP contribution in [0.2, 0.25) is 0 Å². The van der Waals surface area contributed by atoms with E-state index in [1.807, 2.05) is 0 Å². The number of nitrogen functional groups attached to an aromatic ring is 1. The third kappa shape index (κ3) is 5.38. The first kappa shape index (κ1) is 26.9. The summed E-state index contributed by atoms with van der Waals surface area (Å²) in [5, 5.41) is 5.59. The van der Waals surface area contributed by atoms with Crippen LogP contribution in [0, 0.1) is 5.82 Å². The maximum atomic E-state index is 15.1. The smallest absolute Gasteiger partial charge is 0.420 e. The van der Waals surface area contributed by atoms with Gasteiger partial charge in [0, 0.05) is 29.7 Å². The van der Waals surface area contributed by atoms with Crippen molar-refractivity contribution in [3.8, 4) is 5.75 Å². The molecule has 208 valence electrons. The van der Waals surface area contributed by atoms with E-state index in [0.717, 1.165) is 37.9 Å². The number of piperidine rings is 2. The average Bonchev–Trinajstić information content (AvgIpc) is 3.33. The van der Waals surface area contributed by atoms with E-state index in [9.17, 15) is 17.6 Å². The van der Waals surface area contributed by atoms with E-state index in [1.54, 1.807) is 0 Å². The number of hydrogen-bond donors (Lipinski definition) is 3. The Balaban J connectivity index is 1.41. The van der Waals surface area contributed by atoms with Gasteiger partial charge in [-0.1, -0.05) is 0 Å². The maximum absolute atomic E-state index is 15.1. The largest absolute Gasteiger partial charge is 0.487 e. The van der Waals surface area contributed by atoms with E-state index in [0.29, 0.717) is 19.0 Å². The molecule has 0 unspecified atom stereocenters. The minimum absolute atomic E-state index is 0.0221. The van der Waals surface area contributed by atoms with Crippen LogP contribution in [-0.4, -0.2) is 58.4 Å². The van der Waals surface area contributed by atoms with Crippen molar-refractivity contribution in [1.82, 2.24) is 20.2 Å². The first-order chi connectivity index (χ1) is 17.9. The summed E-state index contributed by atoms with van der Waals surface area (Å²) in [6, 6.07) is 3.68. The number of anilines is 3. The second-order valence-electron chi connectivity index (χ2n) is 11.1. The monoisotopic (exact) mass is 540 g/mol. The van der Waals surface area contributed by atoms with Gasteiger partial charge in [0.1, 0.15) is 18.0 Å². The molecule has 0 radical (unpaired) electrons. The molecule has 1 aromatic heterocycles. The zero-order valence-electron chi connectivity index (χ0n) is 21.4. The van der Waals surface area contributed by atoms with E-state index >= 15 is 4.39 Å². The fraction of sp³-hybridized carbons (Fsp3) is 0.615. The van der Waals surface area contributed by atoms with E-state index < -0.39 is 35.6 Å². The molecule has 4 heterocycles. The van der Waals surface area contributed by atoms with Gasteiger partial charge in [0.05, 0.1) is 11.3 Å². The Morgan fingerprint density at radius 3 is 2.74 bits per heavy atom. The summed E-state index contributed by atoms with van der Waals surface area (Å²) in [6.45, 7) is 5.76. The Bertz CT molecular complexity index is 1180. The second kappa shape index (κ2) is 10.1. The van der Waals surface area contributed by atoms with Crippen LogP contribution < -0.4 is 21.1 Å². The highest BCUT2D eigenvalue weighted by Crippen LogP contribution is 2.45. The van der Waals surface area contributed by atoms with E-state index in [2.05, 4.69) is 39.3 Å². The number of halogens is 5. The van der Waals surface area contributed by atoms with Crippen molar-refractivity contribution in [2.45, 2.75) is 81.9 Å². The minimum Gasteiger partial charge on any atom is -0.487 e. The molecule has 2 aromatic rings. The lowest BCUT2D eigenvalue weighted by molar-refractivity contribution is -0.139. The number of rotatable bonds is 5. The highest BCUT2D eigenvalue weighted by Gasteiger charge is 2.44. The summed E-state index contributed by atoms with van der Waals surface area (Å²) >= 11 is 0. The minimum atomic E-state index is -4.75. The average molecular weight is 541 g/mol. The van der Waals surface area contributed by atoms with Gasteiger partial charge in [-0.15, -0.1) is 0 Å². The fourth-order valence-corrected chi connectivity index (χ4v) is 6.18. The van der Waals surface area contributed by atoms with Crippen LogP contribution in [-0.2, 0) is 6.18 Å². The number of nitrogens with one attached hydrogen (secondary N) is 2. The van der Waals surface area contributed by atoms with Crippen LogP contribution >= 0.6 is 0 Å². The zero-order chi connectivity index (χ0) is 27.2. The summed E-state index contributed by atoms with van der Waals surface area (Å²) in [7, 11) is 0. The number of fused-ring (bicyclic) bond motifs is 1. The predicted octanol–water partition coefficient (Wildman–Crippen LogP) is 5.16. The molecule has 3 aliphatic rings. The molecule has 0 spiro atoms. The second-order valence-corrected chi connectivity index (χ2v) is 11.1. The van der Waals surface area contributed by atoms with Crippen molar-refractivity contribution < 1.29 is 26.7 Å². The van der Waals surface area contributed by atoms with Crippen LogP contribution in [0.4, 0.5) is 39.4 Å². The first-order valence-electron chi connectivity index (χ1n) is 13.0. The van der Waals surface area contributed by atoms with Crippen LogP contribution in [0.15, 0.2) is 18.2 Å². The normalized spacial score (nSPS) is 27.7. The van der Waals surface area contributed by atoms with Gasteiger partial charge in [0.2, 0.25) is 5.95 Å². The van der Waals surface area contributed by atoms with E-state index in [-0.39, 0.29) is 47.6 Å². The predicted molar refractivity (Wildman–Crippen MR) is 134 cm³/mol. The maximum Gasteiger partial charge on any atom is 0.420 e. The highest BCUT2D eigenvalue weighted by atomic mass is 19.4. The summed E-state index contributed by atoms with van der Waals surface area (Å²) < 4.78 is 76.5. The molecule has 1 aromatic carbocycles. The van der Waals surface area contributed by atoms with Gasteiger partial charge in [-0.05, 0) is 77.2 Å². The van der Waals surface area contributed by atoms with Crippen LogP contribution in [0.1, 0.15) is 63.1 Å². The summed E-state index contributed by atoms with van der Waals surface area (Å²) in [5.74, 6) is -1.79. The molecule has 3 saturated heterocycles. The molecule has 3 aliphatic heterocycles. The van der Waals surface area contributed by atoms with Gasteiger partial charge in [0.25, 0.3) is 0 Å². The Morgan fingerprint density at radius 1 is 1.21 bits per heavy atom. The van der Waals surface area contributed by atoms with Gasteiger partial charge < -0.3 is 21.1 Å². The van der Waals surface area contributed by atoms with Crippen molar-refractivity contribution in [3.05, 3.63) is 35.3 Å². The van der Waals surface area contributed by atoms with Gasteiger partial charge in [-0.2, -0.15) is 18.2 Å². The Morgan fingerprint density at radius 2 is 2.00 bits per heavy atom. The number of nitrogens with zero attached hydrogens (tertiary/aromatic N) is 3. The highest BCUT2D eigenvalue weighted by molar-refractivity contribution is 5.59. The quantitative estimate of drug-likeness (QED) is 0.452. The van der Waals surface area contributed by atoms with Gasteiger partial charge in [0.15, 0.2) is 11.6 Å². The Labute approximate surface area is 218 Å². The topological polar surface area (TPSA) is 88.3 Å². The fourth-order valence-electron chi connectivity index (χ4n) is 6.18.